The minimum absolute atomic E-state index is 0. The molecule has 0 saturated carbocycles. The maximum absolute atomic E-state index is 8.59. The zero-order valence-corrected chi connectivity index (χ0v) is 14.3. The van der Waals surface area contributed by atoms with Gasteiger partial charge in [0.05, 0.1) is 0 Å². The van der Waals surface area contributed by atoms with Crippen LogP contribution in [-0.4, -0.2) is 26.7 Å². The number of quaternary nitrogens is 2. The molecule has 19 heavy (non-hydrogen) atoms. The fourth-order valence-electron chi connectivity index (χ4n) is 0. The maximum Gasteiger partial charge on any atom is 2.00 e. The summed E-state index contributed by atoms with van der Waals surface area (Å²) in [5, 5.41) is 0. The third-order valence-electron chi connectivity index (χ3n) is 0. The van der Waals surface area contributed by atoms with E-state index in [0.29, 0.717) is 0 Å². The zero-order valence-electron chi connectivity index (χ0n) is 9.88. The summed E-state index contributed by atoms with van der Waals surface area (Å²) in [6.45, 7) is 0. The van der Waals surface area contributed by atoms with E-state index in [1.54, 1.807) is 0 Å². The normalized spacial score (nSPS) is 6.11. The molecule has 0 aliphatic heterocycles. The Kier molecular flexibility index (Phi) is 179. The summed E-state index contributed by atoms with van der Waals surface area (Å²) in [5.41, 5.74) is 0. The first-order chi connectivity index (χ1) is 4.00. The fraction of sp³-hybridized carbons (Fsp3) is 0. The molecule has 0 aromatic carbocycles. The summed E-state index contributed by atoms with van der Waals surface area (Å²) in [6, 6.07) is 0. The Morgan fingerprint density at radius 3 is 0.474 bits per heavy atom. The summed E-state index contributed by atoms with van der Waals surface area (Å²) >= 11 is -11.5. The van der Waals surface area contributed by atoms with Crippen molar-refractivity contribution in [1.82, 2.24) is 12.3 Å². The van der Waals surface area contributed by atoms with E-state index >= 15 is 0 Å². The molecule has 16 nitrogen and oxygen atoms in total. The van der Waals surface area contributed by atoms with Crippen LogP contribution in [0.25, 0.3) is 0 Å². The van der Waals surface area contributed by atoms with Gasteiger partial charge in [0.1, 0.15) is 0 Å². The van der Waals surface area contributed by atoms with E-state index in [9.17, 15) is 0 Å². The summed E-state index contributed by atoms with van der Waals surface area (Å²) < 4.78 is 68.8. The van der Waals surface area contributed by atoms with Crippen molar-refractivity contribution < 1.29 is 81.7 Å². The Bertz CT molecular complexity index is 220. The maximum atomic E-state index is 8.59. The van der Waals surface area contributed by atoms with Crippen LogP contribution in [-0.2, 0) is 65.0 Å². The standard InChI is InChI=1S/Co.2H3N.2H2O4Se.6H2O/c;;;2*1-5(2,3)4;;;;;;/h;2*1H3;2*(H2,1,2,3,4);6*1H2/q+2;;;;;;;;;;/p+4. The van der Waals surface area contributed by atoms with Gasteiger partial charge in [-0.05, 0) is 0 Å². The van der Waals surface area contributed by atoms with Crippen LogP contribution in [0.15, 0.2) is 0 Å². The summed E-state index contributed by atoms with van der Waals surface area (Å²) in [7, 11) is 0. The second-order valence-corrected chi connectivity index (χ2v) is 4.24. The number of rotatable bonds is 0. The molecule has 0 atom stereocenters. The third-order valence-corrected chi connectivity index (χ3v) is 0. The van der Waals surface area contributed by atoms with Gasteiger partial charge in [-0.15, -0.1) is 0 Å². The zero-order chi connectivity index (χ0) is 9.00. The molecule has 0 saturated heterocycles. The molecule has 135 valence electrons. The van der Waals surface area contributed by atoms with E-state index in [1.807, 2.05) is 0 Å². The van der Waals surface area contributed by atoms with Crippen LogP contribution in [0.5, 0.6) is 0 Å². The van der Waals surface area contributed by atoms with Crippen molar-refractivity contribution in [2.75, 3.05) is 0 Å². The molecule has 1 radical (unpaired) electrons. The van der Waals surface area contributed by atoms with E-state index in [-0.39, 0.29) is 61.9 Å². The monoisotopic (exact) mass is 497 g/mol. The molecular weight excluding hydrogens is 469 g/mol. The Labute approximate surface area is 121 Å². The van der Waals surface area contributed by atoms with Crippen LogP contribution in [0.1, 0.15) is 0 Å². The van der Waals surface area contributed by atoms with Gasteiger partial charge in [-0.3, -0.25) is 0 Å². The predicted molar refractivity (Wildman–Crippen MR) is 55.5 cm³/mol. The van der Waals surface area contributed by atoms with Crippen LogP contribution in [0.2, 0.25) is 0 Å². The van der Waals surface area contributed by atoms with Crippen molar-refractivity contribution in [3.05, 3.63) is 0 Å². The number of hydrogen-bond donors (Lipinski definition) is 2. The van der Waals surface area contributed by atoms with Gasteiger partial charge in [0, 0.05) is 0 Å². The van der Waals surface area contributed by atoms with Gasteiger partial charge in [0.15, 0.2) is 0 Å². The van der Waals surface area contributed by atoms with E-state index in [2.05, 4.69) is 0 Å². The van der Waals surface area contributed by atoms with Gasteiger partial charge >= 0.3 is 75.6 Å². The minimum atomic E-state index is -5.75. The van der Waals surface area contributed by atoms with Crippen molar-refractivity contribution in [3.8, 4) is 0 Å². The second kappa shape index (κ2) is 36.2. The summed E-state index contributed by atoms with van der Waals surface area (Å²) in [5.74, 6) is 0. The van der Waals surface area contributed by atoms with Gasteiger partial charge in [-0.25, -0.2) is 0 Å². The smallest absolute Gasteiger partial charge is 0.457 e. The van der Waals surface area contributed by atoms with E-state index in [4.69, 9.17) is 32.1 Å². The van der Waals surface area contributed by atoms with E-state index in [1.165, 1.54) is 0 Å². The van der Waals surface area contributed by atoms with Crippen molar-refractivity contribution in [2.45, 2.75) is 0 Å². The molecule has 26 N–H and O–H groups in total. The minimum Gasteiger partial charge on any atom is -0.457 e. The molecule has 0 fully saturated rings. The van der Waals surface area contributed by atoms with Crippen LogP contribution in [0, 0.1) is 0 Å². The first-order valence-electron chi connectivity index (χ1n) is 1.33. The average Bonchev–Trinajstić information content (AvgIpc) is 1.12. The summed E-state index contributed by atoms with van der Waals surface area (Å²) in [6.07, 6.45) is 0. The molecule has 0 aromatic rings. The summed E-state index contributed by atoms with van der Waals surface area (Å²) in [4.78, 5) is 0. The van der Waals surface area contributed by atoms with Crippen LogP contribution in [0.4, 0.5) is 0 Å². The molecule has 0 unspecified atom stereocenters. The Balaban J connectivity index is -0.00000000508. The van der Waals surface area contributed by atoms with Crippen LogP contribution >= 0.6 is 0 Å². The molecule has 0 rings (SSSR count). The third kappa shape index (κ3) is 68600. The van der Waals surface area contributed by atoms with Gasteiger partial charge < -0.3 is 45.2 Å². The van der Waals surface area contributed by atoms with Gasteiger partial charge in [0.25, 0.3) is 0 Å². The van der Waals surface area contributed by atoms with Gasteiger partial charge in [-0.2, -0.15) is 0 Å². The van der Waals surface area contributed by atoms with Crippen molar-refractivity contribution in [2.24, 2.45) is 0 Å². The van der Waals surface area contributed by atoms with Crippen molar-refractivity contribution >= 4 is 26.7 Å². The van der Waals surface area contributed by atoms with Crippen molar-refractivity contribution in [3.63, 3.8) is 0 Å². The quantitative estimate of drug-likeness (QED) is 0.239. The van der Waals surface area contributed by atoms with E-state index in [0.717, 1.165) is 0 Å². The Morgan fingerprint density at radius 1 is 0.474 bits per heavy atom. The molecule has 0 spiro atoms. The molecule has 0 aromatic heterocycles. The molecule has 0 aliphatic rings. The van der Waals surface area contributed by atoms with Crippen molar-refractivity contribution in [1.29, 1.82) is 0 Å². The van der Waals surface area contributed by atoms with Crippen LogP contribution in [0.3, 0.4) is 0 Å². The van der Waals surface area contributed by atoms with Gasteiger partial charge in [-0.1, -0.05) is 0 Å². The van der Waals surface area contributed by atoms with Crippen LogP contribution < -0.4 is 29.1 Å². The predicted octanol–water partition coefficient (Wildman–Crippen LogP) is -10.8. The largest absolute Gasteiger partial charge is 2.00 e. The van der Waals surface area contributed by atoms with E-state index < -0.39 is 26.7 Å². The topological polar surface area (TPSA) is 432 Å². The SMILES string of the molecule is O=[Se](=O)([O-])[O-].O=[Se](=O)([O-])[O-].[Co+2].[NH4+].[NH4+].[OH3+].[OH3+].[OH3+].[OH3+].[OH3+].[OH3+]. The molecular formula is H26CoN2O14Se2+6. The first kappa shape index (κ1) is 94.1. The molecule has 0 bridgehead atoms. The number of hydrogen-bond acceptors (Lipinski definition) is 8. The van der Waals surface area contributed by atoms with Gasteiger partial charge in [0.2, 0.25) is 0 Å². The molecule has 0 heterocycles. The molecule has 0 amide bonds. The first-order valence-corrected chi connectivity index (χ1v) is 6.93. The fourth-order valence-corrected chi connectivity index (χ4v) is 0. The Hall–Kier alpha value is 0.265. The second-order valence-electron chi connectivity index (χ2n) is 0.816. The average molecular weight is 495 g/mol. The Morgan fingerprint density at radius 2 is 0.474 bits per heavy atom. The molecule has 19 heteroatoms. The molecule has 0 aliphatic carbocycles.